The van der Waals surface area contributed by atoms with Crippen LogP contribution in [0.25, 0.3) is 0 Å². The van der Waals surface area contributed by atoms with E-state index in [4.69, 9.17) is 21.9 Å². The summed E-state index contributed by atoms with van der Waals surface area (Å²) in [6.07, 6.45) is 1.67. The third-order valence-electron chi connectivity index (χ3n) is 1.19. The van der Waals surface area contributed by atoms with Crippen LogP contribution >= 0.6 is 0 Å². The lowest BCUT2D eigenvalue weighted by molar-refractivity contribution is -0.479. The molecule has 0 aliphatic carbocycles. The van der Waals surface area contributed by atoms with E-state index in [-0.39, 0.29) is 5.54 Å². The van der Waals surface area contributed by atoms with Crippen LogP contribution in [0.2, 0.25) is 0 Å². The van der Waals surface area contributed by atoms with Crippen LogP contribution in [0.15, 0.2) is 22.8 Å². The quantitative estimate of drug-likeness (QED) is 0.503. The molecular formula is C7H13NO5S. The van der Waals surface area contributed by atoms with Gasteiger partial charge in [0, 0.05) is 0 Å². The van der Waals surface area contributed by atoms with E-state index in [2.05, 4.69) is 5.73 Å². The number of rotatable bonds is 1. The van der Waals surface area contributed by atoms with E-state index in [1.165, 1.54) is 0 Å². The third kappa shape index (κ3) is 7.74. The van der Waals surface area contributed by atoms with Gasteiger partial charge in [0.25, 0.3) is 0 Å². The summed E-state index contributed by atoms with van der Waals surface area (Å²) in [5.74, 6) is 0.933. The van der Waals surface area contributed by atoms with Crippen molar-refractivity contribution in [2.45, 2.75) is 19.4 Å². The van der Waals surface area contributed by atoms with Gasteiger partial charge >= 0.3 is 0 Å². The van der Waals surface area contributed by atoms with E-state index in [9.17, 15) is 0 Å². The van der Waals surface area contributed by atoms with Gasteiger partial charge in [-0.05, 0) is 26.0 Å². The van der Waals surface area contributed by atoms with Crippen LogP contribution in [-0.4, -0.2) is 17.5 Å². The van der Waals surface area contributed by atoms with Crippen LogP contribution in [0.5, 0.6) is 0 Å². The molecule has 82 valence electrons. The highest BCUT2D eigenvalue weighted by molar-refractivity contribution is 7.79. The number of hydrogen-bond acceptors (Lipinski definition) is 4. The van der Waals surface area contributed by atoms with Crippen molar-refractivity contribution in [3.63, 3.8) is 0 Å². The van der Waals surface area contributed by atoms with Gasteiger partial charge in [-0.15, -0.1) is 0 Å². The second-order valence-electron chi connectivity index (χ2n) is 3.29. The zero-order chi connectivity index (χ0) is 11.4. The van der Waals surface area contributed by atoms with Crippen molar-refractivity contribution < 1.29 is 27.7 Å². The molecule has 0 spiro atoms. The molecule has 1 heterocycles. The maximum Gasteiger partial charge on any atom is 0.215 e. The van der Waals surface area contributed by atoms with E-state index >= 15 is 0 Å². The van der Waals surface area contributed by atoms with Crippen molar-refractivity contribution in [1.82, 2.24) is 0 Å². The molecule has 0 radical (unpaired) electrons. The van der Waals surface area contributed by atoms with Gasteiger partial charge in [-0.1, -0.05) is 0 Å². The van der Waals surface area contributed by atoms with Crippen molar-refractivity contribution in [2.24, 2.45) is 0 Å². The Balaban J connectivity index is 0.000000292. The Labute approximate surface area is 82.3 Å². The average molecular weight is 223 g/mol. The standard InChI is InChI=1S/C7H11NO.H2O4S/c1-7(2,8)6-4-3-5-9-6;1-5(2,3)4/h3-5H,8H2,1-2H3;(H2,1,2,3,4). The second-order valence-corrected chi connectivity index (χ2v) is 4.14. The van der Waals surface area contributed by atoms with Gasteiger partial charge in [0.05, 0.1) is 6.26 Å². The topological polar surface area (TPSA) is 118 Å². The lowest BCUT2D eigenvalue weighted by atomic mass is 10.0. The molecule has 0 aromatic carbocycles. The zero-order valence-electron chi connectivity index (χ0n) is 7.93. The first-order valence-corrected chi connectivity index (χ1v) is 5.05. The van der Waals surface area contributed by atoms with Crippen LogP contribution < -0.4 is 5.73 Å². The Morgan fingerprint density at radius 2 is 2.00 bits per heavy atom. The maximum absolute atomic E-state index is 8.63. The molecule has 7 heteroatoms. The molecule has 0 atom stereocenters. The average Bonchev–Trinajstić information content (AvgIpc) is 2.28. The number of furan rings is 1. The molecule has 14 heavy (non-hydrogen) atoms. The summed E-state index contributed by atoms with van der Waals surface area (Å²) in [5.41, 5.74) is 3.83. The summed E-state index contributed by atoms with van der Waals surface area (Å²) in [5, 5.41) is 0. The van der Waals surface area contributed by atoms with Gasteiger partial charge in [0.15, 0.2) is 5.76 Å². The van der Waals surface area contributed by atoms with E-state index in [1.54, 1.807) is 6.26 Å². The van der Waals surface area contributed by atoms with Gasteiger partial charge in [0.2, 0.25) is 10.4 Å². The molecule has 1 rings (SSSR count). The van der Waals surface area contributed by atoms with Gasteiger partial charge in [-0.3, -0.25) is 4.55 Å². The Morgan fingerprint density at radius 1 is 1.57 bits per heavy atom. The van der Waals surface area contributed by atoms with Crippen LogP contribution in [0, 0.1) is 0 Å². The first-order chi connectivity index (χ1) is 6.11. The Kier molecular flexibility index (Phi) is 4.27. The Morgan fingerprint density at radius 3 is 2.14 bits per heavy atom. The predicted octanol–water partition coefficient (Wildman–Crippen LogP) is -0.239. The summed E-state index contributed by atoms with van der Waals surface area (Å²) < 4.78 is 38.0. The largest absolute Gasteiger partial charge is 0.726 e. The van der Waals surface area contributed by atoms with E-state index in [0.717, 1.165) is 5.76 Å². The predicted molar refractivity (Wildman–Crippen MR) is 46.9 cm³/mol. The zero-order valence-corrected chi connectivity index (χ0v) is 8.74. The first-order valence-electron chi connectivity index (χ1n) is 3.68. The molecule has 0 saturated heterocycles. The van der Waals surface area contributed by atoms with E-state index < -0.39 is 10.4 Å². The second kappa shape index (κ2) is 4.56. The fourth-order valence-electron chi connectivity index (χ4n) is 0.664. The van der Waals surface area contributed by atoms with E-state index in [1.807, 2.05) is 26.0 Å². The summed E-state index contributed by atoms with van der Waals surface area (Å²) in [4.78, 5) is 0. The van der Waals surface area contributed by atoms with Crippen LogP contribution in [0.1, 0.15) is 19.6 Å². The Bertz CT molecular complexity index is 340. The summed E-state index contributed by atoms with van der Waals surface area (Å²) in [7, 11) is -4.92. The van der Waals surface area contributed by atoms with E-state index in [0.29, 0.717) is 0 Å². The van der Waals surface area contributed by atoms with Crippen molar-refractivity contribution in [3.8, 4) is 0 Å². The molecule has 0 amide bonds. The van der Waals surface area contributed by atoms with Crippen molar-refractivity contribution in [1.29, 1.82) is 0 Å². The van der Waals surface area contributed by atoms with Crippen molar-refractivity contribution in [3.05, 3.63) is 24.2 Å². The maximum atomic E-state index is 8.63. The normalized spacial score (nSPS) is 11.8. The minimum Gasteiger partial charge on any atom is -0.726 e. The molecule has 0 saturated carbocycles. The van der Waals surface area contributed by atoms with Gasteiger partial charge in [-0.2, -0.15) is 0 Å². The highest BCUT2D eigenvalue weighted by Crippen LogP contribution is 2.13. The molecule has 1 aromatic heterocycles. The smallest absolute Gasteiger partial charge is 0.215 e. The van der Waals surface area contributed by atoms with Crippen LogP contribution in [-0.2, 0) is 15.9 Å². The lowest BCUT2D eigenvalue weighted by Gasteiger charge is -2.09. The van der Waals surface area contributed by atoms with Crippen molar-refractivity contribution >= 4 is 10.4 Å². The summed E-state index contributed by atoms with van der Waals surface area (Å²) in [6.45, 7) is 4.04. The summed E-state index contributed by atoms with van der Waals surface area (Å²) in [6, 6.07) is 3.81. The fourth-order valence-corrected chi connectivity index (χ4v) is 0.664. The minimum atomic E-state index is -4.92. The molecular weight excluding hydrogens is 210 g/mol. The Hall–Kier alpha value is -0.890. The molecule has 0 unspecified atom stereocenters. The van der Waals surface area contributed by atoms with Crippen LogP contribution in [0.4, 0.5) is 0 Å². The molecule has 6 nitrogen and oxygen atoms in total. The summed E-state index contributed by atoms with van der Waals surface area (Å²) >= 11 is 0. The highest BCUT2D eigenvalue weighted by atomic mass is 32.3. The van der Waals surface area contributed by atoms with Crippen LogP contribution in [0.3, 0.4) is 0 Å². The fraction of sp³-hybridized carbons (Fsp3) is 0.429. The van der Waals surface area contributed by atoms with Gasteiger partial charge < -0.3 is 14.7 Å². The monoisotopic (exact) mass is 223 g/mol. The SMILES string of the molecule is CC(C)([NH3+])c1ccco1.O=S(=O)([O-])O. The number of hydrogen-bond donors (Lipinski definition) is 2. The highest BCUT2D eigenvalue weighted by Gasteiger charge is 2.20. The van der Waals surface area contributed by atoms with Crippen molar-refractivity contribution in [2.75, 3.05) is 0 Å². The first kappa shape index (κ1) is 13.1. The lowest BCUT2D eigenvalue weighted by Crippen LogP contribution is -2.66. The van der Waals surface area contributed by atoms with Gasteiger partial charge in [0.1, 0.15) is 5.54 Å². The molecule has 0 aliphatic heterocycles. The van der Waals surface area contributed by atoms with Gasteiger partial charge in [-0.25, -0.2) is 8.42 Å². The molecule has 1 aromatic rings. The third-order valence-corrected chi connectivity index (χ3v) is 1.19. The molecule has 0 fully saturated rings. The minimum absolute atomic E-state index is 0.0938. The molecule has 0 bridgehead atoms. The number of quaternary nitrogens is 1. The molecule has 4 N–H and O–H groups in total. The molecule has 0 aliphatic rings.